The fourth-order valence-electron chi connectivity index (χ4n) is 2.16. The molecule has 0 aliphatic carbocycles. The van der Waals surface area contributed by atoms with E-state index >= 15 is 0 Å². The number of nitrogens with one attached hydrogen (secondary N) is 2. The average Bonchev–Trinajstić information content (AvgIpc) is 2.76. The van der Waals surface area contributed by atoms with Gasteiger partial charge in [-0.15, -0.1) is 0 Å². The molecule has 0 radical (unpaired) electrons. The molecule has 1 aliphatic rings. The molecule has 98 valence electrons. The second kappa shape index (κ2) is 5.59. The van der Waals surface area contributed by atoms with Crippen LogP contribution in [0, 0.1) is 11.8 Å². The topological polar surface area (TPSA) is 50.4 Å². The fraction of sp³-hybridized carbons (Fsp3) is 0.462. The molecule has 2 N–H and O–H groups in total. The number of carbonyl (C=O) groups excluding carboxylic acids is 1. The van der Waals surface area contributed by atoms with Crippen LogP contribution in [0.3, 0.4) is 0 Å². The lowest BCUT2D eigenvalue weighted by Gasteiger charge is -2.16. The van der Waals surface area contributed by atoms with Crippen molar-refractivity contribution in [2.24, 2.45) is 11.8 Å². The van der Waals surface area contributed by atoms with Crippen molar-refractivity contribution in [3.8, 4) is 5.75 Å². The number of hydrogen-bond acceptors (Lipinski definition) is 3. The second-order valence-electron chi connectivity index (χ2n) is 4.58. The molecule has 5 heteroatoms. The highest BCUT2D eigenvalue weighted by atomic mass is 35.5. The zero-order valence-corrected chi connectivity index (χ0v) is 11.3. The van der Waals surface area contributed by atoms with Crippen LogP contribution in [0.5, 0.6) is 5.75 Å². The van der Waals surface area contributed by atoms with Gasteiger partial charge in [-0.25, -0.2) is 0 Å². The quantitative estimate of drug-likeness (QED) is 0.883. The molecule has 2 rings (SSSR count). The number of hydrogen-bond donors (Lipinski definition) is 2. The van der Waals surface area contributed by atoms with Crippen LogP contribution in [0.1, 0.15) is 6.92 Å². The Morgan fingerprint density at radius 3 is 2.89 bits per heavy atom. The van der Waals surface area contributed by atoms with Crippen molar-refractivity contribution in [3.05, 3.63) is 23.2 Å². The fourth-order valence-corrected chi connectivity index (χ4v) is 2.34. The Balaban J connectivity index is 2.13. The molecule has 2 unspecified atom stereocenters. The highest BCUT2D eigenvalue weighted by molar-refractivity contribution is 6.31. The minimum absolute atomic E-state index is 0.00584. The van der Waals surface area contributed by atoms with Crippen molar-refractivity contribution in [2.75, 3.05) is 25.5 Å². The van der Waals surface area contributed by atoms with E-state index < -0.39 is 0 Å². The maximum absolute atomic E-state index is 12.2. The van der Waals surface area contributed by atoms with Gasteiger partial charge in [0.2, 0.25) is 5.91 Å². The van der Waals surface area contributed by atoms with E-state index in [2.05, 4.69) is 17.6 Å². The minimum Gasteiger partial charge on any atom is -0.495 e. The molecule has 4 nitrogen and oxygen atoms in total. The van der Waals surface area contributed by atoms with Gasteiger partial charge in [0, 0.05) is 11.6 Å². The Labute approximate surface area is 112 Å². The molecule has 1 amide bonds. The van der Waals surface area contributed by atoms with E-state index in [0.29, 0.717) is 22.4 Å². The summed E-state index contributed by atoms with van der Waals surface area (Å²) in [4.78, 5) is 12.2. The number of rotatable bonds is 3. The highest BCUT2D eigenvalue weighted by Crippen LogP contribution is 2.29. The number of benzene rings is 1. The first-order valence-electron chi connectivity index (χ1n) is 5.97. The van der Waals surface area contributed by atoms with Crippen LogP contribution in [0.4, 0.5) is 5.69 Å². The molecule has 1 fully saturated rings. The Bertz CT molecular complexity index is 451. The molecule has 1 aromatic rings. The lowest BCUT2D eigenvalue weighted by atomic mass is 9.97. The van der Waals surface area contributed by atoms with Crippen LogP contribution in [-0.4, -0.2) is 26.1 Å². The van der Waals surface area contributed by atoms with Gasteiger partial charge in [-0.05, 0) is 30.7 Å². The Morgan fingerprint density at radius 1 is 1.50 bits per heavy atom. The normalized spacial score (nSPS) is 22.8. The SMILES string of the molecule is COc1ccc(Cl)cc1NC(=O)C1CNCC1C. The van der Waals surface area contributed by atoms with Crippen LogP contribution in [0.2, 0.25) is 5.02 Å². The number of amides is 1. The van der Waals surface area contributed by atoms with Crippen molar-refractivity contribution in [2.45, 2.75) is 6.92 Å². The summed E-state index contributed by atoms with van der Waals surface area (Å²) in [6.07, 6.45) is 0. The van der Waals surface area contributed by atoms with Gasteiger partial charge < -0.3 is 15.4 Å². The predicted octanol–water partition coefficient (Wildman–Crippen LogP) is 2.14. The van der Waals surface area contributed by atoms with Crippen LogP contribution in [0.15, 0.2) is 18.2 Å². The van der Waals surface area contributed by atoms with Gasteiger partial charge >= 0.3 is 0 Å². The third kappa shape index (κ3) is 2.76. The second-order valence-corrected chi connectivity index (χ2v) is 5.01. The summed E-state index contributed by atoms with van der Waals surface area (Å²) in [7, 11) is 1.57. The van der Waals surface area contributed by atoms with Crippen LogP contribution >= 0.6 is 11.6 Å². The number of ether oxygens (including phenoxy) is 1. The van der Waals surface area contributed by atoms with Crippen LogP contribution < -0.4 is 15.4 Å². The van der Waals surface area contributed by atoms with E-state index in [-0.39, 0.29) is 11.8 Å². The summed E-state index contributed by atoms with van der Waals surface area (Å²) in [6.45, 7) is 3.67. The maximum Gasteiger partial charge on any atom is 0.229 e. The van der Waals surface area contributed by atoms with Gasteiger partial charge in [-0.1, -0.05) is 18.5 Å². The molecule has 0 bridgehead atoms. The van der Waals surface area contributed by atoms with Crippen LogP contribution in [-0.2, 0) is 4.79 Å². The Kier molecular flexibility index (Phi) is 4.09. The van der Waals surface area contributed by atoms with E-state index in [9.17, 15) is 4.79 Å². The zero-order valence-electron chi connectivity index (χ0n) is 10.5. The summed E-state index contributed by atoms with van der Waals surface area (Å²) in [5.41, 5.74) is 0.620. The smallest absolute Gasteiger partial charge is 0.229 e. The van der Waals surface area contributed by atoms with Gasteiger partial charge in [-0.3, -0.25) is 4.79 Å². The van der Waals surface area contributed by atoms with E-state index in [1.807, 2.05) is 0 Å². The average molecular weight is 269 g/mol. The summed E-state index contributed by atoms with van der Waals surface area (Å²) < 4.78 is 5.20. The van der Waals surface area contributed by atoms with Crippen molar-refractivity contribution in [1.29, 1.82) is 0 Å². The minimum atomic E-state index is -0.00584. The molecular weight excluding hydrogens is 252 g/mol. The van der Waals surface area contributed by atoms with Crippen molar-refractivity contribution in [1.82, 2.24) is 5.32 Å². The van der Waals surface area contributed by atoms with Crippen molar-refractivity contribution < 1.29 is 9.53 Å². The molecule has 1 heterocycles. The van der Waals surface area contributed by atoms with Gasteiger partial charge in [0.1, 0.15) is 5.75 Å². The summed E-state index contributed by atoms with van der Waals surface area (Å²) in [5.74, 6) is 0.961. The van der Waals surface area contributed by atoms with Crippen molar-refractivity contribution >= 4 is 23.2 Å². The highest BCUT2D eigenvalue weighted by Gasteiger charge is 2.29. The third-order valence-electron chi connectivity index (χ3n) is 3.27. The lowest BCUT2D eigenvalue weighted by molar-refractivity contribution is -0.120. The van der Waals surface area contributed by atoms with Gasteiger partial charge in [-0.2, -0.15) is 0 Å². The van der Waals surface area contributed by atoms with E-state index in [0.717, 1.165) is 13.1 Å². The molecule has 0 aromatic heterocycles. The number of halogens is 1. The molecule has 1 aliphatic heterocycles. The maximum atomic E-state index is 12.2. The van der Waals surface area contributed by atoms with Gasteiger partial charge in [0.25, 0.3) is 0 Å². The summed E-state index contributed by atoms with van der Waals surface area (Å²) >= 11 is 5.93. The molecule has 18 heavy (non-hydrogen) atoms. The first-order chi connectivity index (χ1) is 8.61. The first kappa shape index (κ1) is 13.2. The molecule has 0 saturated carbocycles. The van der Waals surface area contributed by atoms with Gasteiger partial charge in [0.05, 0.1) is 18.7 Å². The largest absolute Gasteiger partial charge is 0.495 e. The van der Waals surface area contributed by atoms with Crippen molar-refractivity contribution in [3.63, 3.8) is 0 Å². The zero-order chi connectivity index (χ0) is 13.1. The first-order valence-corrected chi connectivity index (χ1v) is 6.34. The number of methoxy groups -OCH3 is 1. The lowest BCUT2D eigenvalue weighted by Crippen LogP contribution is -2.28. The van der Waals surface area contributed by atoms with Gasteiger partial charge in [0.15, 0.2) is 0 Å². The number of anilines is 1. The Morgan fingerprint density at radius 2 is 2.28 bits per heavy atom. The predicted molar refractivity (Wildman–Crippen MR) is 72.2 cm³/mol. The van der Waals surface area contributed by atoms with E-state index in [1.54, 1.807) is 25.3 Å². The van der Waals surface area contributed by atoms with E-state index in [1.165, 1.54) is 0 Å². The molecule has 1 aromatic carbocycles. The number of carbonyl (C=O) groups is 1. The molecule has 2 atom stereocenters. The molecular formula is C13H17ClN2O2. The van der Waals surface area contributed by atoms with Crippen LogP contribution in [0.25, 0.3) is 0 Å². The Hall–Kier alpha value is -1.26. The summed E-state index contributed by atoms with van der Waals surface area (Å²) in [6, 6.07) is 5.18. The molecule has 1 saturated heterocycles. The monoisotopic (exact) mass is 268 g/mol. The molecule has 0 spiro atoms. The standard InChI is InChI=1S/C13H17ClN2O2/c1-8-6-15-7-10(8)13(17)16-11-5-9(14)3-4-12(11)18-2/h3-5,8,10,15H,6-7H2,1-2H3,(H,16,17). The summed E-state index contributed by atoms with van der Waals surface area (Å²) in [5, 5.41) is 6.67. The third-order valence-corrected chi connectivity index (χ3v) is 3.51. The van der Waals surface area contributed by atoms with E-state index in [4.69, 9.17) is 16.3 Å².